The van der Waals surface area contributed by atoms with Gasteiger partial charge in [0.1, 0.15) is 5.82 Å². The average molecular weight is 249 g/mol. The van der Waals surface area contributed by atoms with Crippen molar-refractivity contribution in [2.75, 3.05) is 7.05 Å². The van der Waals surface area contributed by atoms with Gasteiger partial charge in [0.2, 0.25) is 11.8 Å². The molecule has 2 aromatic rings. The largest absolute Gasteiger partial charge is 0.419 e. The summed E-state index contributed by atoms with van der Waals surface area (Å²) in [5.74, 6) is 0.574. The van der Waals surface area contributed by atoms with E-state index in [0.717, 1.165) is 12.0 Å². The highest BCUT2D eigenvalue weighted by Crippen LogP contribution is 2.25. The number of hydrogen-bond acceptors (Lipinski definition) is 4. The normalized spacial score (nSPS) is 12.7. The Bertz CT molecular complexity index is 535. The molecule has 0 radical (unpaired) electrons. The number of nitrogens with zero attached hydrogens (tertiary/aromatic N) is 2. The molecular weight excluding hydrogens is 233 g/mol. The van der Waals surface area contributed by atoms with Gasteiger partial charge in [-0.3, -0.25) is 0 Å². The van der Waals surface area contributed by atoms with Gasteiger partial charge >= 0.3 is 0 Å². The summed E-state index contributed by atoms with van der Waals surface area (Å²) >= 11 is 0. The quantitative estimate of drug-likeness (QED) is 0.905. The van der Waals surface area contributed by atoms with Gasteiger partial charge in [-0.15, -0.1) is 10.2 Å². The Morgan fingerprint density at radius 1 is 1.39 bits per heavy atom. The smallest absolute Gasteiger partial charge is 0.248 e. The zero-order chi connectivity index (χ0) is 13.1. The van der Waals surface area contributed by atoms with E-state index in [0.29, 0.717) is 17.3 Å². The summed E-state index contributed by atoms with van der Waals surface area (Å²) in [7, 11) is 1.84. The molecular formula is C13H16FN3O. The third-order valence-corrected chi connectivity index (χ3v) is 2.93. The van der Waals surface area contributed by atoms with Crippen molar-refractivity contribution in [3.63, 3.8) is 0 Å². The second-order valence-corrected chi connectivity index (χ2v) is 4.15. The summed E-state index contributed by atoms with van der Waals surface area (Å²) in [5.41, 5.74) is 1.55. The predicted octanol–water partition coefficient (Wildman–Crippen LogP) is 2.85. The van der Waals surface area contributed by atoms with Crippen LogP contribution in [0.15, 0.2) is 22.6 Å². The Balaban J connectivity index is 2.37. The van der Waals surface area contributed by atoms with Crippen LogP contribution in [0.5, 0.6) is 0 Å². The summed E-state index contributed by atoms with van der Waals surface area (Å²) in [6.45, 7) is 3.91. The SMILES string of the molecule is CCC(NC)c1nnc(-c2cc(F)ccc2C)o1. The van der Waals surface area contributed by atoms with Crippen molar-refractivity contribution in [1.29, 1.82) is 0 Å². The molecule has 1 N–H and O–H groups in total. The Kier molecular flexibility index (Phi) is 3.72. The lowest BCUT2D eigenvalue weighted by Gasteiger charge is -2.07. The molecule has 1 aromatic heterocycles. The summed E-state index contributed by atoms with van der Waals surface area (Å²) < 4.78 is 18.8. The van der Waals surface area contributed by atoms with Gasteiger partial charge < -0.3 is 9.73 Å². The highest BCUT2D eigenvalue weighted by atomic mass is 19.1. The van der Waals surface area contributed by atoms with Crippen molar-refractivity contribution in [3.8, 4) is 11.5 Å². The fourth-order valence-corrected chi connectivity index (χ4v) is 1.81. The zero-order valence-corrected chi connectivity index (χ0v) is 10.7. The van der Waals surface area contributed by atoms with Crippen molar-refractivity contribution >= 4 is 0 Å². The second-order valence-electron chi connectivity index (χ2n) is 4.15. The van der Waals surface area contributed by atoms with E-state index in [1.165, 1.54) is 12.1 Å². The number of halogens is 1. The molecule has 4 nitrogen and oxygen atoms in total. The van der Waals surface area contributed by atoms with Gasteiger partial charge in [-0.05, 0) is 38.1 Å². The third kappa shape index (κ3) is 2.41. The first-order valence-corrected chi connectivity index (χ1v) is 5.93. The first kappa shape index (κ1) is 12.7. The maximum absolute atomic E-state index is 13.2. The van der Waals surface area contributed by atoms with E-state index in [1.807, 2.05) is 20.9 Å². The van der Waals surface area contributed by atoms with Crippen LogP contribution in [-0.4, -0.2) is 17.2 Å². The molecule has 0 saturated carbocycles. The fourth-order valence-electron chi connectivity index (χ4n) is 1.81. The van der Waals surface area contributed by atoms with Crippen LogP contribution in [0.2, 0.25) is 0 Å². The van der Waals surface area contributed by atoms with Gasteiger partial charge in [-0.1, -0.05) is 13.0 Å². The van der Waals surface area contributed by atoms with Gasteiger partial charge in [0, 0.05) is 5.56 Å². The molecule has 0 aliphatic rings. The number of hydrogen-bond donors (Lipinski definition) is 1. The van der Waals surface area contributed by atoms with Gasteiger partial charge in [0.05, 0.1) is 6.04 Å². The van der Waals surface area contributed by atoms with Gasteiger partial charge in [0.15, 0.2) is 0 Å². The van der Waals surface area contributed by atoms with Crippen LogP contribution in [0.25, 0.3) is 11.5 Å². The molecule has 5 heteroatoms. The van der Waals surface area contributed by atoms with Gasteiger partial charge in [0.25, 0.3) is 0 Å². The Labute approximate surface area is 105 Å². The van der Waals surface area contributed by atoms with E-state index in [-0.39, 0.29) is 11.9 Å². The highest BCUT2D eigenvalue weighted by molar-refractivity contribution is 5.57. The highest BCUT2D eigenvalue weighted by Gasteiger charge is 2.17. The van der Waals surface area contributed by atoms with Crippen molar-refractivity contribution < 1.29 is 8.81 Å². The van der Waals surface area contributed by atoms with E-state index >= 15 is 0 Å². The molecule has 1 unspecified atom stereocenters. The Morgan fingerprint density at radius 2 is 2.17 bits per heavy atom. The lowest BCUT2D eigenvalue weighted by molar-refractivity contribution is 0.415. The minimum Gasteiger partial charge on any atom is -0.419 e. The second kappa shape index (κ2) is 5.27. The molecule has 0 bridgehead atoms. The molecule has 0 amide bonds. The lowest BCUT2D eigenvalue weighted by Crippen LogP contribution is -2.15. The molecule has 1 atom stereocenters. The van der Waals surface area contributed by atoms with Crippen molar-refractivity contribution in [3.05, 3.63) is 35.5 Å². The van der Waals surface area contributed by atoms with Crippen LogP contribution in [0.1, 0.15) is 30.8 Å². The van der Waals surface area contributed by atoms with E-state index in [2.05, 4.69) is 15.5 Å². The Morgan fingerprint density at radius 3 is 2.83 bits per heavy atom. The summed E-state index contributed by atoms with van der Waals surface area (Å²) in [6.07, 6.45) is 0.847. The van der Waals surface area contributed by atoms with E-state index in [4.69, 9.17) is 4.42 Å². The maximum atomic E-state index is 13.2. The summed E-state index contributed by atoms with van der Waals surface area (Å²) in [4.78, 5) is 0. The predicted molar refractivity (Wildman–Crippen MR) is 66.5 cm³/mol. The fraction of sp³-hybridized carbons (Fsp3) is 0.385. The van der Waals surface area contributed by atoms with Crippen LogP contribution in [-0.2, 0) is 0 Å². The number of rotatable bonds is 4. The summed E-state index contributed by atoms with van der Waals surface area (Å²) in [6, 6.07) is 4.55. The molecule has 0 aliphatic heterocycles. The van der Waals surface area contributed by atoms with E-state index in [9.17, 15) is 4.39 Å². The Hall–Kier alpha value is -1.75. The first-order valence-electron chi connectivity index (χ1n) is 5.93. The van der Waals surface area contributed by atoms with Crippen molar-refractivity contribution in [2.45, 2.75) is 26.3 Å². The average Bonchev–Trinajstić information content (AvgIpc) is 2.83. The van der Waals surface area contributed by atoms with Gasteiger partial charge in [-0.2, -0.15) is 0 Å². The summed E-state index contributed by atoms with van der Waals surface area (Å²) in [5, 5.41) is 11.1. The van der Waals surface area contributed by atoms with Crippen LogP contribution in [0.4, 0.5) is 4.39 Å². The first-order chi connectivity index (χ1) is 8.65. The number of benzene rings is 1. The maximum Gasteiger partial charge on any atom is 0.248 e. The minimum atomic E-state index is -0.309. The topological polar surface area (TPSA) is 51.0 Å². The lowest BCUT2D eigenvalue weighted by atomic mass is 10.1. The molecule has 18 heavy (non-hydrogen) atoms. The number of nitrogens with one attached hydrogen (secondary N) is 1. The molecule has 96 valence electrons. The molecule has 1 aromatic carbocycles. The molecule has 1 heterocycles. The van der Waals surface area contributed by atoms with Gasteiger partial charge in [-0.25, -0.2) is 4.39 Å². The number of aromatic nitrogens is 2. The van der Waals surface area contributed by atoms with E-state index in [1.54, 1.807) is 6.07 Å². The monoisotopic (exact) mass is 249 g/mol. The molecule has 0 fully saturated rings. The van der Waals surface area contributed by atoms with Crippen LogP contribution in [0.3, 0.4) is 0 Å². The number of aryl methyl sites for hydroxylation is 1. The van der Waals surface area contributed by atoms with Crippen LogP contribution < -0.4 is 5.32 Å². The molecule has 2 rings (SSSR count). The molecule has 0 aliphatic carbocycles. The van der Waals surface area contributed by atoms with Crippen molar-refractivity contribution in [2.24, 2.45) is 0 Å². The van der Waals surface area contributed by atoms with Crippen molar-refractivity contribution in [1.82, 2.24) is 15.5 Å². The zero-order valence-electron chi connectivity index (χ0n) is 10.7. The standard InChI is InChI=1S/C13H16FN3O/c1-4-11(15-3)13-17-16-12(18-13)10-7-9(14)6-5-8(10)2/h5-7,11,15H,4H2,1-3H3. The van der Waals surface area contributed by atoms with E-state index < -0.39 is 0 Å². The molecule has 0 spiro atoms. The molecule has 0 saturated heterocycles. The van der Waals surface area contributed by atoms with Crippen LogP contribution >= 0.6 is 0 Å². The minimum absolute atomic E-state index is 0.0279. The third-order valence-electron chi connectivity index (χ3n) is 2.93. The van der Waals surface area contributed by atoms with Crippen LogP contribution in [0, 0.1) is 12.7 Å².